The van der Waals surface area contributed by atoms with Crippen molar-refractivity contribution in [3.63, 3.8) is 0 Å². The van der Waals surface area contributed by atoms with Crippen molar-refractivity contribution in [2.75, 3.05) is 31.6 Å². The van der Waals surface area contributed by atoms with E-state index in [4.69, 9.17) is 4.74 Å². The number of rotatable bonds is 7. The number of carbonyl (C=O) groups excluding carboxylic acids is 1. The first-order chi connectivity index (χ1) is 11.7. The third kappa shape index (κ3) is 4.42. The molecule has 1 fully saturated rings. The molecule has 1 aliphatic rings. The molecule has 0 radical (unpaired) electrons. The van der Waals surface area contributed by atoms with Crippen LogP contribution in [0, 0.1) is 0 Å². The molecular formula is C16H24N6O2. The SMILES string of the molecule is CCCn1nccc1NC(=O)CN1CCO[C@H](Cn2cccn2)C1. The monoisotopic (exact) mass is 332 g/mol. The highest BCUT2D eigenvalue weighted by Gasteiger charge is 2.23. The zero-order valence-corrected chi connectivity index (χ0v) is 14.0. The summed E-state index contributed by atoms with van der Waals surface area (Å²) in [5, 5.41) is 11.4. The molecule has 0 unspecified atom stereocenters. The molecule has 0 bridgehead atoms. The predicted molar refractivity (Wildman–Crippen MR) is 89.6 cm³/mol. The summed E-state index contributed by atoms with van der Waals surface area (Å²) in [4.78, 5) is 14.4. The van der Waals surface area contributed by atoms with E-state index in [1.54, 1.807) is 12.4 Å². The second kappa shape index (κ2) is 8.07. The Morgan fingerprint density at radius 1 is 1.42 bits per heavy atom. The van der Waals surface area contributed by atoms with E-state index in [0.717, 1.165) is 31.9 Å². The quantitative estimate of drug-likeness (QED) is 0.813. The summed E-state index contributed by atoms with van der Waals surface area (Å²) in [7, 11) is 0. The fourth-order valence-corrected chi connectivity index (χ4v) is 2.87. The van der Waals surface area contributed by atoms with Crippen LogP contribution in [0.5, 0.6) is 0 Å². The molecule has 3 rings (SSSR count). The maximum atomic E-state index is 12.3. The van der Waals surface area contributed by atoms with E-state index >= 15 is 0 Å². The largest absolute Gasteiger partial charge is 0.374 e. The van der Waals surface area contributed by atoms with Crippen molar-refractivity contribution in [1.82, 2.24) is 24.5 Å². The highest BCUT2D eigenvalue weighted by atomic mass is 16.5. The molecular weight excluding hydrogens is 308 g/mol. The van der Waals surface area contributed by atoms with Crippen molar-refractivity contribution in [2.45, 2.75) is 32.5 Å². The highest BCUT2D eigenvalue weighted by Crippen LogP contribution is 2.10. The molecule has 8 nitrogen and oxygen atoms in total. The average molecular weight is 332 g/mol. The van der Waals surface area contributed by atoms with Crippen LogP contribution in [0.1, 0.15) is 13.3 Å². The van der Waals surface area contributed by atoms with Gasteiger partial charge in [0, 0.05) is 38.1 Å². The van der Waals surface area contributed by atoms with Gasteiger partial charge in [-0.1, -0.05) is 6.92 Å². The Balaban J connectivity index is 1.49. The van der Waals surface area contributed by atoms with Crippen LogP contribution in [-0.4, -0.2) is 62.7 Å². The second-order valence-electron chi connectivity index (χ2n) is 5.94. The van der Waals surface area contributed by atoms with E-state index in [9.17, 15) is 4.79 Å². The fraction of sp³-hybridized carbons (Fsp3) is 0.562. The summed E-state index contributed by atoms with van der Waals surface area (Å²) >= 11 is 0. The molecule has 2 aromatic heterocycles. The van der Waals surface area contributed by atoms with Gasteiger partial charge in [0.05, 0.1) is 32.0 Å². The smallest absolute Gasteiger partial charge is 0.239 e. The topological polar surface area (TPSA) is 77.2 Å². The van der Waals surface area contributed by atoms with Crippen molar-refractivity contribution in [1.29, 1.82) is 0 Å². The molecule has 1 N–H and O–H groups in total. The predicted octanol–water partition coefficient (Wildman–Crippen LogP) is 0.829. The van der Waals surface area contributed by atoms with Gasteiger partial charge in [0.2, 0.25) is 5.91 Å². The number of nitrogens with zero attached hydrogens (tertiary/aromatic N) is 5. The Morgan fingerprint density at radius 2 is 2.33 bits per heavy atom. The van der Waals surface area contributed by atoms with Gasteiger partial charge in [0.1, 0.15) is 5.82 Å². The van der Waals surface area contributed by atoms with E-state index in [2.05, 4.69) is 27.3 Å². The number of hydrogen-bond donors (Lipinski definition) is 1. The van der Waals surface area contributed by atoms with Gasteiger partial charge in [-0.15, -0.1) is 0 Å². The molecule has 1 atom stereocenters. The average Bonchev–Trinajstić information content (AvgIpc) is 3.21. The van der Waals surface area contributed by atoms with Crippen LogP contribution in [0.4, 0.5) is 5.82 Å². The summed E-state index contributed by atoms with van der Waals surface area (Å²) in [5.74, 6) is 0.732. The number of aromatic nitrogens is 4. The molecule has 3 heterocycles. The third-order valence-corrected chi connectivity index (χ3v) is 3.96. The Hall–Kier alpha value is -2.19. The number of anilines is 1. The summed E-state index contributed by atoms with van der Waals surface area (Å²) in [5.41, 5.74) is 0. The summed E-state index contributed by atoms with van der Waals surface area (Å²) in [6.45, 7) is 6.06. The van der Waals surface area contributed by atoms with E-state index < -0.39 is 0 Å². The summed E-state index contributed by atoms with van der Waals surface area (Å²) in [6, 6.07) is 3.72. The first-order valence-corrected chi connectivity index (χ1v) is 8.37. The standard InChI is InChI=1S/C16H24N6O2/c1-2-7-22-15(4-6-18-22)19-16(23)13-20-9-10-24-14(11-20)12-21-8-3-5-17-21/h3-6,8,14H,2,7,9-13H2,1H3,(H,19,23)/t14-/m0/s1. The maximum Gasteiger partial charge on any atom is 0.239 e. The molecule has 1 aliphatic heterocycles. The molecule has 130 valence electrons. The van der Waals surface area contributed by atoms with Gasteiger partial charge in [-0.3, -0.25) is 14.4 Å². The zero-order chi connectivity index (χ0) is 16.8. The van der Waals surface area contributed by atoms with Gasteiger partial charge in [0.25, 0.3) is 0 Å². The molecule has 0 aromatic carbocycles. The van der Waals surface area contributed by atoms with Gasteiger partial charge in [0.15, 0.2) is 0 Å². The number of hydrogen-bond acceptors (Lipinski definition) is 5. The van der Waals surface area contributed by atoms with Crippen LogP contribution >= 0.6 is 0 Å². The molecule has 2 aromatic rings. The first-order valence-electron chi connectivity index (χ1n) is 8.37. The first kappa shape index (κ1) is 16.7. The van der Waals surface area contributed by atoms with Crippen LogP contribution in [0.2, 0.25) is 0 Å². The molecule has 0 aliphatic carbocycles. The normalized spacial score (nSPS) is 18.6. The van der Waals surface area contributed by atoms with Crippen molar-refractivity contribution in [2.24, 2.45) is 0 Å². The van der Waals surface area contributed by atoms with Crippen LogP contribution in [0.15, 0.2) is 30.7 Å². The molecule has 1 saturated heterocycles. The number of aryl methyl sites for hydroxylation is 1. The van der Waals surface area contributed by atoms with Crippen molar-refractivity contribution in [3.05, 3.63) is 30.7 Å². The van der Waals surface area contributed by atoms with Gasteiger partial charge in [-0.25, -0.2) is 4.68 Å². The molecule has 0 spiro atoms. The second-order valence-corrected chi connectivity index (χ2v) is 5.94. The van der Waals surface area contributed by atoms with Crippen LogP contribution < -0.4 is 5.32 Å². The number of morpholine rings is 1. The maximum absolute atomic E-state index is 12.3. The minimum absolute atomic E-state index is 0.0207. The van der Waals surface area contributed by atoms with Crippen molar-refractivity contribution >= 4 is 11.7 Å². The van der Waals surface area contributed by atoms with Gasteiger partial charge in [-0.2, -0.15) is 10.2 Å². The lowest BCUT2D eigenvalue weighted by molar-refractivity contribution is -0.119. The van der Waals surface area contributed by atoms with Crippen LogP contribution in [0.25, 0.3) is 0 Å². The van der Waals surface area contributed by atoms with E-state index in [1.807, 2.05) is 27.7 Å². The lowest BCUT2D eigenvalue weighted by atomic mass is 10.2. The summed E-state index contributed by atoms with van der Waals surface area (Å²) < 4.78 is 9.45. The van der Waals surface area contributed by atoms with E-state index in [-0.39, 0.29) is 12.0 Å². The Kier molecular flexibility index (Phi) is 5.60. The van der Waals surface area contributed by atoms with Gasteiger partial charge >= 0.3 is 0 Å². The zero-order valence-electron chi connectivity index (χ0n) is 14.0. The van der Waals surface area contributed by atoms with Gasteiger partial charge < -0.3 is 10.1 Å². The van der Waals surface area contributed by atoms with Crippen molar-refractivity contribution < 1.29 is 9.53 Å². The number of nitrogens with one attached hydrogen (secondary N) is 1. The number of ether oxygens (including phenoxy) is 1. The van der Waals surface area contributed by atoms with Crippen LogP contribution in [0.3, 0.4) is 0 Å². The Morgan fingerprint density at radius 3 is 3.12 bits per heavy atom. The Bertz CT molecular complexity index is 639. The van der Waals surface area contributed by atoms with Crippen LogP contribution in [-0.2, 0) is 22.6 Å². The minimum Gasteiger partial charge on any atom is -0.374 e. The Labute approximate surface area is 141 Å². The van der Waals surface area contributed by atoms with E-state index in [1.165, 1.54) is 0 Å². The molecule has 8 heteroatoms. The highest BCUT2D eigenvalue weighted by molar-refractivity contribution is 5.91. The number of carbonyl (C=O) groups is 1. The molecule has 24 heavy (non-hydrogen) atoms. The fourth-order valence-electron chi connectivity index (χ4n) is 2.87. The van der Waals surface area contributed by atoms with Crippen molar-refractivity contribution in [3.8, 4) is 0 Å². The summed E-state index contributed by atoms with van der Waals surface area (Å²) in [6.07, 6.45) is 6.41. The molecule has 0 saturated carbocycles. The van der Waals surface area contributed by atoms with E-state index in [0.29, 0.717) is 19.7 Å². The number of amides is 1. The lowest BCUT2D eigenvalue weighted by Crippen LogP contribution is -2.47. The van der Waals surface area contributed by atoms with Gasteiger partial charge in [-0.05, 0) is 12.5 Å². The molecule has 1 amide bonds. The third-order valence-electron chi connectivity index (χ3n) is 3.96. The lowest BCUT2D eigenvalue weighted by Gasteiger charge is -2.32. The minimum atomic E-state index is -0.0207.